The van der Waals surface area contributed by atoms with Gasteiger partial charge >= 0.3 is 0 Å². The summed E-state index contributed by atoms with van der Waals surface area (Å²) in [6.07, 6.45) is 8.56. The lowest BCUT2D eigenvalue weighted by Gasteiger charge is -2.48. The minimum atomic E-state index is -1.58. The lowest BCUT2D eigenvalue weighted by atomic mass is 9.65. The van der Waals surface area contributed by atoms with Gasteiger partial charge in [-0.3, -0.25) is 4.79 Å². The molecule has 1 saturated carbocycles. The highest BCUT2D eigenvalue weighted by molar-refractivity contribution is 7.75. The fourth-order valence-electron chi connectivity index (χ4n) is 7.60. The quantitative estimate of drug-likeness (QED) is 0.309. The van der Waals surface area contributed by atoms with Gasteiger partial charge < -0.3 is 22.9 Å². The van der Waals surface area contributed by atoms with Gasteiger partial charge in [0.05, 0.1) is 18.4 Å². The summed E-state index contributed by atoms with van der Waals surface area (Å²) in [4.78, 5) is 15.6. The average Bonchev–Trinajstić information content (AvgIpc) is 3.05. The van der Waals surface area contributed by atoms with Crippen molar-refractivity contribution in [3.05, 3.63) is 69.8 Å². The first-order valence-corrected chi connectivity index (χ1v) is 15.8. The summed E-state index contributed by atoms with van der Waals surface area (Å²) in [6, 6.07) is 11.9. The number of benzene rings is 2. The van der Waals surface area contributed by atoms with Crippen molar-refractivity contribution in [3.63, 3.8) is 0 Å². The number of anilines is 1. The molecule has 1 amide bonds. The van der Waals surface area contributed by atoms with Gasteiger partial charge in [-0.15, -0.1) is 0 Å². The molecule has 1 spiro atoms. The second-order valence-corrected chi connectivity index (χ2v) is 13.6. The number of amides is 1. The van der Waals surface area contributed by atoms with Crippen molar-refractivity contribution in [1.29, 1.82) is 0 Å². The van der Waals surface area contributed by atoms with Gasteiger partial charge in [-0.05, 0) is 103 Å². The maximum absolute atomic E-state index is 13.1. The second kappa shape index (κ2) is 9.93. The van der Waals surface area contributed by atoms with Crippen LogP contribution >= 0.6 is 11.6 Å². The molecule has 2 aromatic carbocycles. The van der Waals surface area contributed by atoms with E-state index in [2.05, 4.69) is 27.5 Å². The van der Waals surface area contributed by atoms with Crippen molar-refractivity contribution in [2.75, 3.05) is 37.5 Å². The van der Waals surface area contributed by atoms with Gasteiger partial charge in [-0.25, -0.2) is 0 Å². The maximum atomic E-state index is 13.1. The lowest BCUT2D eigenvalue weighted by molar-refractivity contribution is -0.00146. The number of carbonyl (C=O) groups is 1. The molecule has 39 heavy (non-hydrogen) atoms. The summed E-state index contributed by atoms with van der Waals surface area (Å²) >= 11 is 6.40. The average molecular weight is 566 g/mol. The number of allylic oxidation sites excluding steroid dienone is 1. The molecule has 0 saturated heterocycles. The Morgan fingerprint density at radius 3 is 2.87 bits per heavy atom. The number of fused-ring (bicyclic) bond motifs is 5. The number of methoxy groups -OCH3 is 1. The highest BCUT2D eigenvalue weighted by Gasteiger charge is 2.46. The molecule has 0 radical (unpaired) electrons. The van der Waals surface area contributed by atoms with Crippen LogP contribution in [0.4, 0.5) is 5.69 Å². The number of aryl methyl sites for hydroxylation is 1. The topological polar surface area (TPSA) is 68.2 Å². The van der Waals surface area contributed by atoms with E-state index >= 15 is 0 Å². The first-order chi connectivity index (χ1) is 18.9. The van der Waals surface area contributed by atoms with Crippen LogP contribution in [0.1, 0.15) is 53.6 Å². The van der Waals surface area contributed by atoms with Crippen molar-refractivity contribution in [2.45, 2.75) is 50.0 Å². The number of hydrogen-bond acceptors (Lipinski definition) is 6. The fourth-order valence-corrected chi connectivity index (χ4v) is 8.83. The summed E-state index contributed by atoms with van der Waals surface area (Å²) in [5.41, 5.74) is 5.11. The molecular formula is C31H34ClN2O4S-. The SMILES string of the molecule is CO[C@H]1C2=CC[C@@H]2C[S-](=O)=NC(=O)c2ccc3c(c2)N(C[C@@H]2CC[C@H]21)C[C@@]1(CCCc2cc(Cl)ccc21)CO3. The zero-order valence-corrected chi connectivity index (χ0v) is 23.8. The number of hydrogen-bond donors (Lipinski definition) is 0. The molecule has 5 aliphatic rings. The van der Waals surface area contributed by atoms with Crippen LogP contribution in [0.15, 0.2) is 52.4 Å². The molecule has 2 aliphatic heterocycles. The Kier molecular flexibility index (Phi) is 6.52. The third-order valence-electron chi connectivity index (χ3n) is 9.82. The highest BCUT2D eigenvalue weighted by Crippen LogP contribution is 2.49. The molecule has 2 aromatic rings. The molecule has 2 heterocycles. The number of ether oxygens (including phenoxy) is 2. The van der Waals surface area contributed by atoms with Crippen LogP contribution < -0.4 is 9.64 Å². The van der Waals surface area contributed by atoms with E-state index in [0.717, 1.165) is 68.1 Å². The van der Waals surface area contributed by atoms with Crippen molar-refractivity contribution in [1.82, 2.24) is 0 Å². The zero-order chi connectivity index (χ0) is 26.7. The molecule has 6 nitrogen and oxygen atoms in total. The molecular weight excluding hydrogens is 532 g/mol. The van der Waals surface area contributed by atoms with Crippen LogP contribution in [-0.2, 0) is 31.4 Å². The Labute approximate surface area is 236 Å². The minimum absolute atomic E-state index is 0.0266. The zero-order valence-electron chi connectivity index (χ0n) is 22.2. The van der Waals surface area contributed by atoms with E-state index in [1.165, 1.54) is 16.7 Å². The van der Waals surface area contributed by atoms with Crippen molar-refractivity contribution >= 4 is 33.8 Å². The van der Waals surface area contributed by atoms with Gasteiger partial charge in [0.15, 0.2) is 0 Å². The largest absolute Gasteiger partial charge is 0.490 e. The molecule has 206 valence electrons. The summed E-state index contributed by atoms with van der Waals surface area (Å²) in [5, 5.41) is 0.776. The van der Waals surface area contributed by atoms with Crippen molar-refractivity contribution in [2.24, 2.45) is 22.1 Å². The van der Waals surface area contributed by atoms with Crippen LogP contribution in [0.2, 0.25) is 5.02 Å². The maximum Gasteiger partial charge on any atom is 0.254 e. The van der Waals surface area contributed by atoms with E-state index in [0.29, 0.717) is 29.8 Å². The Morgan fingerprint density at radius 2 is 2.10 bits per heavy atom. The van der Waals surface area contributed by atoms with Crippen molar-refractivity contribution < 1.29 is 18.5 Å². The first kappa shape index (κ1) is 25.6. The third kappa shape index (κ3) is 4.41. The fraction of sp³-hybridized carbons (Fsp3) is 0.516. The molecule has 5 atom stereocenters. The molecule has 7 rings (SSSR count). The van der Waals surface area contributed by atoms with E-state index < -0.39 is 16.5 Å². The highest BCUT2D eigenvalue weighted by atomic mass is 35.5. The van der Waals surface area contributed by atoms with E-state index in [1.807, 2.05) is 18.2 Å². The van der Waals surface area contributed by atoms with E-state index in [4.69, 9.17) is 21.1 Å². The molecule has 2 bridgehead atoms. The first-order valence-electron chi connectivity index (χ1n) is 14.1. The predicted molar refractivity (Wildman–Crippen MR) is 153 cm³/mol. The predicted octanol–water partition coefficient (Wildman–Crippen LogP) is 6.10. The Bertz CT molecular complexity index is 1450. The van der Waals surface area contributed by atoms with Gasteiger partial charge in [0.2, 0.25) is 0 Å². The number of rotatable bonds is 1. The smallest absolute Gasteiger partial charge is 0.254 e. The van der Waals surface area contributed by atoms with Gasteiger partial charge in [-0.1, -0.05) is 29.5 Å². The monoisotopic (exact) mass is 565 g/mol. The molecule has 0 aromatic heterocycles. The molecule has 8 heteroatoms. The van der Waals surface area contributed by atoms with Crippen LogP contribution in [0.25, 0.3) is 0 Å². The second-order valence-electron chi connectivity index (χ2n) is 12.0. The molecule has 3 aliphatic carbocycles. The summed E-state index contributed by atoms with van der Waals surface area (Å²) in [7, 11) is 0.216. The lowest BCUT2D eigenvalue weighted by Crippen LogP contribution is -2.50. The Balaban J connectivity index is 1.33. The van der Waals surface area contributed by atoms with Crippen LogP contribution in [0, 0.1) is 17.8 Å². The van der Waals surface area contributed by atoms with Gasteiger partial charge in [-0.2, -0.15) is 10.6 Å². The van der Waals surface area contributed by atoms with Crippen LogP contribution in [-0.4, -0.2) is 44.6 Å². The molecule has 0 N–H and O–H groups in total. The summed E-state index contributed by atoms with van der Waals surface area (Å²) in [6.45, 7) is 2.27. The summed E-state index contributed by atoms with van der Waals surface area (Å²) < 4.78 is 29.7. The normalized spacial score (nSPS) is 32.1. The van der Waals surface area contributed by atoms with Crippen LogP contribution in [0.5, 0.6) is 5.75 Å². The van der Waals surface area contributed by atoms with E-state index in [1.54, 1.807) is 13.2 Å². The standard InChI is InChI=1S/C31H34ClN2O4S/c1-37-29-24-8-4-21(24)15-34-17-31(12-2-3-19-13-23(32)7-10-26(19)31)18-38-28-11-6-20(14-27(28)34)30(35)33-39(36)16-22-5-9-25(22)29/h6-7,9-11,13-14,21-22,24,29H,2-5,8,12,15-18H2,1H3/q-1/t21-,22+,24+,29+,31-/m0/s1. The van der Waals surface area contributed by atoms with Crippen molar-refractivity contribution in [3.8, 4) is 5.75 Å². The van der Waals surface area contributed by atoms with Gasteiger partial charge in [0.25, 0.3) is 5.91 Å². The summed E-state index contributed by atoms with van der Waals surface area (Å²) in [5.74, 6) is 1.78. The number of halogens is 1. The minimum Gasteiger partial charge on any atom is -0.490 e. The Morgan fingerprint density at radius 1 is 1.21 bits per heavy atom. The number of carbonyl (C=O) groups excluding carboxylic acids is 1. The van der Waals surface area contributed by atoms with E-state index in [9.17, 15) is 9.00 Å². The molecule has 1 fully saturated rings. The van der Waals surface area contributed by atoms with Crippen LogP contribution in [0.3, 0.4) is 0 Å². The molecule has 0 unspecified atom stereocenters. The Hall–Kier alpha value is -2.35. The number of nitrogens with zero attached hydrogens (tertiary/aromatic N) is 2. The third-order valence-corrected chi connectivity index (χ3v) is 11.1. The van der Waals surface area contributed by atoms with E-state index in [-0.39, 0.29) is 17.4 Å². The van der Waals surface area contributed by atoms with Gasteiger partial charge in [0.1, 0.15) is 5.75 Å². The van der Waals surface area contributed by atoms with Gasteiger partial charge in [0, 0.05) is 36.2 Å².